The van der Waals surface area contributed by atoms with E-state index in [2.05, 4.69) is 59.6 Å². The third-order valence-electron chi connectivity index (χ3n) is 4.13. The molecule has 26 heavy (non-hydrogen) atoms. The highest BCUT2D eigenvalue weighted by Gasteiger charge is 2.10. The smallest absolute Gasteiger partial charge is 0.258 e. The zero-order valence-electron chi connectivity index (χ0n) is 15.2. The highest BCUT2D eigenvalue weighted by Crippen LogP contribution is 2.30. The van der Waals surface area contributed by atoms with Gasteiger partial charge in [-0.05, 0) is 48.2 Å². The van der Waals surface area contributed by atoms with Crippen molar-refractivity contribution in [2.75, 3.05) is 10.6 Å². The van der Waals surface area contributed by atoms with Crippen LogP contribution in [0.15, 0.2) is 61.1 Å². The Hall–Kier alpha value is -3.21. The normalized spacial score (nSPS) is 10.6. The van der Waals surface area contributed by atoms with Gasteiger partial charge < -0.3 is 10.6 Å². The Bertz CT molecular complexity index is 890. The van der Waals surface area contributed by atoms with E-state index in [1.165, 1.54) is 17.3 Å². The topological polar surface area (TPSA) is 66.9 Å². The molecule has 0 fully saturated rings. The highest BCUT2D eigenvalue weighted by molar-refractivity contribution is 6.03. The van der Waals surface area contributed by atoms with Crippen LogP contribution in [-0.2, 0) is 0 Å². The van der Waals surface area contributed by atoms with Gasteiger partial charge in [-0.3, -0.25) is 9.78 Å². The Morgan fingerprint density at radius 2 is 1.88 bits per heavy atom. The van der Waals surface area contributed by atoms with Gasteiger partial charge in [0.25, 0.3) is 5.91 Å². The molecule has 0 spiro atoms. The summed E-state index contributed by atoms with van der Waals surface area (Å²) in [5, 5.41) is 6.22. The van der Waals surface area contributed by atoms with Crippen molar-refractivity contribution < 1.29 is 4.79 Å². The summed E-state index contributed by atoms with van der Waals surface area (Å²) < 4.78 is 0. The molecule has 5 heteroatoms. The van der Waals surface area contributed by atoms with E-state index in [0.717, 1.165) is 11.4 Å². The monoisotopic (exact) mass is 346 g/mol. The fourth-order valence-corrected chi connectivity index (χ4v) is 2.71. The number of carbonyl (C=O) groups excluding carboxylic acids is 1. The number of amides is 1. The minimum Gasteiger partial charge on any atom is -0.354 e. The molecule has 3 aromatic rings. The zero-order valence-corrected chi connectivity index (χ0v) is 15.2. The van der Waals surface area contributed by atoms with Crippen LogP contribution >= 0.6 is 0 Å². The first-order chi connectivity index (χ1) is 12.5. The molecular weight excluding hydrogens is 324 g/mol. The van der Waals surface area contributed by atoms with E-state index in [1.54, 1.807) is 30.6 Å². The quantitative estimate of drug-likeness (QED) is 0.689. The lowest BCUT2D eigenvalue weighted by molar-refractivity contribution is 0.102. The Morgan fingerprint density at radius 3 is 2.54 bits per heavy atom. The molecule has 132 valence electrons. The van der Waals surface area contributed by atoms with Crippen LogP contribution in [0.2, 0.25) is 0 Å². The molecule has 0 aliphatic heterocycles. The average molecular weight is 346 g/mol. The lowest BCUT2D eigenvalue weighted by Crippen LogP contribution is -2.13. The molecule has 2 aromatic heterocycles. The van der Waals surface area contributed by atoms with E-state index in [-0.39, 0.29) is 5.91 Å². The molecular formula is C21H22N4O. The number of rotatable bonds is 5. The van der Waals surface area contributed by atoms with Gasteiger partial charge in [0.1, 0.15) is 5.82 Å². The average Bonchev–Trinajstić information content (AvgIpc) is 2.65. The van der Waals surface area contributed by atoms with Gasteiger partial charge in [0, 0.05) is 18.1 Å². The number of nitrogens with zero attached hydrogens (tertiary/aromatic N) is 2. The fraction of sp³-hybridized carbons (Fsp3) is 0.190. The van der Waals surface area contributed by atoms with Crippen LogP contribution in [0.25, 0.3) is 0 Å². The second kappa shape index (κ2) is 7.78. The number of aromatic nitrogens is 2. The van der Waals surface area contributed by atoms with Crippen molar-refractivity contribution >= 4 is 23.1 Å². The SMILES string of the molecule is Cc1cccc(C(C)C)c1Nc1ccc(NC(=O)c2cccnc2)nc1. The van der Waals surface area contributed by atoms with Crippen LogP contribution in [0, 0.1) is 6.92 Å². The third-order valence-corrected chi connectivity index (χ3v) is 4.13. The molecule has 0 aliphatic carbocycles. The summed E-state index contributed by atoms with van der Waals surface area (Å²) in [6, 6.07) is 13.4. The lowest BCUT2D eigenvalue weighted by Gasteiger charge is -2.17. The molecule has 3 rings (SSSR count). The molecule has 0 saturated carbocycles. The Morgan fingerprint density at radius 1 is 1.04 bits per heavy atom. The molecule has 0 radical (unpaired) electrons. The maximum Gasteiger partial charge on any atom is 0.258 e. The lowest BCUT2D eigenvalue weighted by atomic mass is 9.98. The predicted octanol–water partition coefficient (Wildman–Crippen LogP) is 4.90. The molecule has 0 atom stereocenters. The van der Waals surface area contributed by atoms with E-state index in [1.807, 2.05) is 6.07 Å². The summed E-state index contributed by atoms with van der Waals surface area (Å²) in [6.45, 7) is 6.44. The molecule has 0 unspecified atom stereocenters. The Balaban J connectivity index is 1.74. The first-order valence-corrected chi connectivity index (χ1v) is 8.58. The second-order valence-corrected chi connectivity index (χ2v) is 6.45. The van der Waals surface area contributed by atoms with Crippen molar-refractivity contribution in [3.63, 3.8) is 0 Å². The van der Waals surface area contributed by atoms with Crippen LogP contribution < -0.4 is 10.6 Å². The molecule has 1 aromatic carbocycles. The minimum atomic E-state index is -0.229. The summed E-state index contributed by atoms with van der Waals surface area (Å²) in [4.78, 5) is 20.4. The Labute approximate surface area is 153 Å². The number of carbonyl (C=O) groups is 1. The number of aryl methyl sites for hydroxylation is 1. The standard InChI is InChI=1S/C21H22N4O/c1-14(2)18-8-4-6-15(3)20(18)24-17-9-10-19(23-13-17)25-21(26)16-7-5-11-22-12-16/h4-14,24H,1-3H3,(H,23,25,26). The van der Waals surface area contributed by atoms with Crippen LogP contribution in [0.3, 0.4) is 0 Å². The van der Waals surface area contributed by atoms with E-state index in [9.17, 15) is 4.79 Å². The number of pyridine rings is 2. The summed E-state index contributed by atoms with van der Waals surface area (Å²) in [6.07, 6.45) is 4.87. The molecule has 2 heterocycles. The molecule has 5 nitrogen and oxygen atoms in total. The number of benzene rings is 1. The maximum absolute atomic E-state index is 12.1. The number of para-hydroxylation sites is 1. The van der Waals surface area contributed by atoms with Gasteiger partial charge in [0.05, 0.1) is 17.4 Å². The summed E-state index contributed by atoms with van der Waals surface area (Å²) in [5.74, 6) is 0.689. The number of nitrogens with one attached hydrogen (secondary N) is 2. The Kier molecular flexibility index (Phi) is 5.27. The van der Waals surface area contributed by atoms with E-state index in [4.69, 9.17) is 0 Å². The molecule has 0 saturated heterocycles. The van der Waals surface area contributed by atoms with Gasteiger partial charge in [-0.2, -0.15) is 0 Å². The van der Waals surface area contributed by atoms with Crippen LogP contribution in [0.5, 0.6) is 0 Å². The van der Waals surface area contributed by atoms with Crippen molar-refractivity contribution in [1.29, 1.82) is 0 Å². The van der Waals surface area contributed by atoms with E-state index in [0.29, 0.717) is 17.3 Å². The van der Waals surface area contributed by atoms with Gasteiger partial charge in [-0.15, -0.1) is 0 Å². The molecule has 0 aliphatic rings. The van der Waals surface area contributed by atoms with Gasteiger partial charge in [-0.25, -0.2) is 4.98 Å². The fourth-order valence-electron chi connectivity index (χ4n) is 2.71. The molecule has 0 bridgehead atoms. The zero-order chi connectivity index (χ0) is 18.5. The predicted molar refractivity (Wildman–Crippen MR) is 105 cm³/mol. The van der Waals surface area contributed by atoms with Gasteiger partial charge in [0.2, 0.25) is 0 Å². The number of anilines is 3. The largest absolute Gasteiger partial charge is 0.354 e. The van der Waals surface area contributed by atoms with Crippen molar-refractivity contribution in [3.05, 3.63) is 77.7 Å². The van der Waals surface area contributed by atoms with Crippen molar-refractivity contribution in [2.24, 2.45) is 0 Å². The van der Waals surface area contributed by atoms with Gasteiger partial charge >= 0.3 is 0 Å². The molecule has 2 N–H and O–H groups in total. The van der Waals surface area contributed by atoms with Crippen molar-refractivity contribution in [3.8, 4) is 0 Å². The van der Waals surface area contributed by atoms with E-state index < -0.39 is 0 Å². The third kappa shape index (κ3) is 4.06. The summed E-state index contributed by atoms with van der Waals surface area (Å²) in [5.41, 5.74) is 4.93. The van der Waals surface area contributed by atoms with Gasteiger partial charge in [-0.1, -0.05) is 32.0 Å². The van der Waals surface area contributed by atoms with E-state index >= 15 is 0 Å². The first-order valence-electron chi connectivity index (χ1n) is 8.58. The second-order valence-electron chi connectivity index (χ2n) is 6.45. The maximum atomic E-state index is 12.1. The summed E-state index contributed by atoms with van der Waals surface area (Å²) >= 11 is 0. The highest BCUT2D eigenvalue weighted by atomic mass is 16.1. The first kappa shape index (κ1) is 17.6. The van der Waals surface area contributed by atoms with Gasteiger partial charge in [0.15, 0.2) is 0 Å². The number of hydrogen-bond donors (Lipinski definition) is 2. The number of hydrogen-bond acceptors (Lipinski definition) is 4. The van der Waals surface area contributed by atoms with Crippen molar-refractivity contribution in [1.82, 2.24) is 9.97 Å². The van der Waals surface area contributed by atoms with Crippen LogP contribution in [0.1, 0.15) is 41.3 Å². The van der Waals surface area contributed by atoms with Crippen molar-refractivity contribution in [2.45, 2.75) is 26.7 Å². The van der Waals surface area contributed by atoms with Crippen LogP contribution in [0.4, 0.5) is 17.2 Å². The molecule has 1 amide bonds. The summed E-state index contributed by atoms with van der Waals surface area (Å²) in [7, 11) is 0. The van der Waals surface area contributed by atoms with Crippen LogP contribution in [-0.4, -0.2) is 15.9 Å². The minimum absolute atomic E-state index is 0.229.